The van der Waals surface area contributed by atoms with Crippen molar-refractivity contribution in [2.24, 2.45) is 0 Å². The number of nitrogens with one attached hydrogen (secondary N) is 1. The Hall–Kier alpha value is -2.20. The van der Waals surface area contributed by atoms with E-state index in [4.69, 9.17) is 4.98 Å². The van der Waals surface area contributed by atoms with Crippen molar-refractivity contribution in [3.63, 3.8) is 0 Å². The highest BCUT2D eigenvalue weighted by atomic mass is 32.1. The molecule has 2 heterocycles. The van der Waals surface area contributed by atoms with Gasteiger partial charge in [0.25, 0.3) is 5.91 Å². The zero-order valence-electron chi connectivity index (χ0n) is 14.8. The lowest BCUT2D eigenvalue weighted by Gasteiger charge is -2.15. The van der Waals surface area contributed by atoms with Crippen LogP contribution in [0, 0.1) is 0 Å². The van der Waals surface area contributed by atoms with Crippen molar-refractivity contribution in [1.82, 2.24) is 10.3 Å². The van der Waals surface area contributed by atoms with Crippen LogP contribution >= 0.6 is 11.3 Å². The third-order valence-electron chi connectivity index (χ3n) is 4.35. The van der Waals surface area contributed by atoms with Crippen LogP contribution < -0.4 is 5.32 Å². The zero-order chi connectivity index (χ0) is 17.6. The van der Waals surface area contributed by atoms with Crippen LogP contribution in [0.1, 0.15) is 49.9 Å². The van der Waals surface area contributed by atoms with Crippen LogP contribution in [0.15, 0.2) is 47.8 Å². The molecule has 3 rings (SSSR count). The fourth-order valence-corrected chi connectivity index (χ4v) is 3.67. The van der Waals surface area contributed by atoms with Crippen LogP contribution in [0.4, 0.5) is 0 Å². The molecule has 0 fully saturated rings. The van der Waals surface area contributed by atoms with E-state index in [1.807, 2.05) is 47.8 Å². The first-order chi connectivity index (χ1) is 12.2. The molecule has 1 atom stereocenters. The smallest absolute Gasteiger partial charge is 0.252 e. The molecule has 0 spiro atoms. The first-order valence-corrected chi connectivity index (χ1v) is 9.81. The molecule has 1 aromatic carbocycles. The lowest BCUT2D eigenvalue weighted by atomic mass is 10.0. The molecule has 1 amide bonds. The molecule has 0 bridgehead atoms. The highest BCUT2D eigenvalue weighted by Crippen LogP contribution is 2.28. The second kappa shape index (κ2) is 8.26. The second-order valence-corrected chi connectivity index (χ2v) is 7.37. The Labute approximate surface area is 153 Å². The number of rotatable bonds is 7. The van der Waals surface area contributed by atoms with Gasteiger partial charge >= 0.3 is 0 Å². The Balaban J connectivity index is 1.90. The monoisotopic (exact) mass is 352 g/mol. The van der Waals surface area contributed by atoms with Gasteiger partial charge < -0.3 is 5.32 Å². The van der Waals surface area contributed by atoms with Crippen molar-refractivity contribution in [2.45, 2.75) is 45.6 Å². The summed E-state index contributed by atoms with van der Waals surface area (Å²) in [7, 11) is 0. The van der Waals surface area contributed by atoms with Crippen LogP contribution in [-0.2, 0) is 0 Å². The molecule has 0 aliphatic carbocycles. The van der Waals surface area contributed by atoms with Crippen LogP contribution in [0.25, 0.3) is 21.5 Å². The number of nitrogens with zero attached hydrogens (tertiary/aromatic N) is 1. The molecule has 0 saturated carbocycles. The molecular formula is C21H24N2OS. The lowest BCUT2D eigenvalue weighted by Crippen LogP contribution is -2.32. The Morgan fingerprint density at radius 1 is 1.20 bits per heavy atom. The molecule has 4 heteroatoms. The maximum atomic E-state index is 12.9. The van der Waals surface area contributed by atoms with Gasteiger partial charge in [0.1, 0.15) is 0 Å². The number of hydrogen-bond acceptors (Lipinski definition) is 3. The number of carbonyl (C=O) groups excluding carboxylic acids is 1. The second-order valence-electron chi connectivity index (χ2n) is 6.42. The number of hydrogen-bond donors (Lipinski definition) is 1. The maximum Gasteiger partial charge on any atom is 0.252 e. The lowest BCUT2D eigenvalue weighted by molar-refractivity contribution is 0.0939. The molecular weight excluding hydrogens is 328 g/mol. The van der Waals surface area contributed by atoms with Gasteiger partial charge in [0.2, 0.25) is 0 Å². The topological polar surface area (TPSA) is 42.0 Å². The van der Waals surface area contributed by atoms with Gasteiger partial charge in [0.15, 0.2) is 0 Å². The van der Waals surface area contributed by atoms with Crippen molar-refractivity contribution < 1.29 is 4.79 Å². The molecule has 130 valence electrons. The van der Waals surface area contributed by atoms with Crippen molar-refractivity contribution in [3.05, 3.63) is 53.4 Å². The first kappa shape index (κ1) is 17.6. The van der Waals surface area contributed by atoms with Gasteiger partial charge in [-0.3, -0.25) is 4.79 Å². The largest absolute Gasteiger partial charge is 0.350 e. The third kappa shape index (κ3) is 4.26. The molecule has 0 saturated heterocycles. The molecule has 3 nitrogen and oxygen atoms in total. The standard InChI is InChI=1S/C21H24N2OS/c1-3-4-5-9-15(2)22-21(24)17-14-19(20-12-8-13-25-20)23-18-11-7-6-10-16(17)18/h6-8,10-15H,3-5,9H2,1-2H3,(H,22,24). The molecule has 2 aromatic heterocycles. The highest BCUT2D eigenvalue weighted by molar-refractivity contribution is 7.13. The van der Waals surface area contributed by atoms with Crippen LogP contribution in [0.2, 0.25) is 0 Å². The van der Waals surface area contributed by atoms with Crippen LogP contribution in [0.5, 0.6) is 0 Å². The third-order valence-corrected chi connectivity index (χ3v) is 5.24. The molecule has 0 radical (unpaired) electrons. The molecule has 1 unspecified atom stereocenters. The summed E-state index contributed by atoms with van der Waals surface area (Å²) < 4.78 is 0. The fraction of sp³-hybridized carbons (Fsp3) is 0.333. The van der Waals surface area contributed by atoms with Crippen molar-refractivity contribution >= 4 is 28.1 Å². The quantitative estimate of drug-likeness (QED) is 0.557. The van der Waals surface area contributed by atoms with E-state index in [2.05, 4.69) is 19.2 Å². The molecule has 25 heavy (non-hydrogen) atoms. The minimum absolute atomic E-state index is 0.0135. The average Bonchev–Trinajstić information content (AvgIpc) is 3.15. The van der Waals surface area contributed by atoms with Gasteiger partial charge in [0, 0.05) is 11.4 Å². The molecule has 0 aliphatic rings. The van der Waals surface area contributed by atoms with E-state index in [-0.39, 0.29) is 11.9 Å². The van der Waals surface area contributed by atoms with E-state index >= 15 is 0 Å². The van der Waals surface area contributed by atoms with Crippen LogP contribution in [-0.4, -0.2) is 16.9 Å². The minimum atomic E-state index is -0.0135. The minimum Gasteiger partial charge on any atom is -0.350 e. The maximum absolute atomic E-state index is 12.9. The number of unbranched alkanes of at least 4 members (excludes halogenated alkanes) is 2. The van der Waals surface area contributed by atoms with Crippen molar-refractivity contribution in [3.8, 4) is 10.6 Å². The normalized spacial score (nSPS) is 12.2. The Kier molecular flexibility index (Phi) is 5.82. The van der Waals surface area contributed by atoms with Crippen molar-refractivity contribution in [2.75, 3.05) is 0 Å². The van der Waals surface area contributed by atoms with Crippen LogP contribution in [0.3, 0.4) is 0 Å². The van der Waals surface area contributed by atoms with E-state index < -0.39 is 0 Å². The van der Waals surface area contributed by atoms with Crippen molar-refractivity contribution in [1.29, 1.82) is 0 Å². The van der Waals surface area contributed by atoms with E-state index in [1.54, 1.807) is 11.3 Å². The number of pyridine rings is 1. The molecule has 1 N–H and O–H groups in total. The van der Waals surface area contributed by atoms with Gasteiger partial charge in [-0.1, -0.05) is 50.5 Å². The summed E-state index contributed by atoms with van der Waals surface area (Å²) in [5.74, 6) is -0.0135. The van der Waals surface area contributed by atoms with E-state index in [0.717, 1.165) is 34.3 Å². The number of benzene rings is 1. The number of thiophene rings is 1. The predicted octanol–water partition coefficient (Wildman–Crippen LogP) is 5.66. The zero-order valence-corrected chi connectivity index (χ0v) is 15.6. The number of fused-ring (bicyclic) bond motifs is 1. The summed E-state index contributed by atoms with van der Waals surface area (Å²) in [5, 5.41) is 6.09. The number of aromatic nitrogens is 1. The Morgan fingerprint density at radius 3 is 2.80 bits per heavy atom. The Bertz CT molecular complexity index is 842. The summed E-state index contributed by atoms with van der Waals surface area (Å²) in [5.41, 5.74) is 2.42. The SMILES string of the molecule is CCCCCC(C)NC(=O)c1cc(-c2cccs2)nc2ccccc12. The van der Waals surface area contributed by atoms with Gasteiger partial charge in [-0.15, -0.1) is 11.3 Å². The van der Waals surface area contributed by atoms with Gasteiger partial charge in [0.05, 0.1) is 21.7 Å². The van der Waals surface area contributed by atoms with Gasteiger partial charge in [-0.25, -0.2) is 4.98 Å². The summed E-state index contributed by atoms with van der Waals surface area (Å²) in [4.78, 5) is 18.7. The summed E-state index contributed by atoms with van der Waals surface area (Å²) in [6.45, 7) is 4.27. The van der Waals surface area contributed by atoms with Gasteiger partial charge in [-0.05, 0) is 36.9 Å². The highest BCUT2D eigenvalue weighted by Gasteiger charge is 2.16. The summed E-state index contributed by atoms with van der Waals surface area (Å²) in [6.07, 6.45) is 4.57. The Morgan fingerprint density at radius 2 is 2.04 bits per heavy atom. The summed E-state index contributed by atoms with van der Waals surface area (Å²) >= 11 is 1.64. The number of carbonyl (C=O) groups is 1. The predicted molar refractivity (Wildman–Crippen MR) is 106 cm³/mol. The van der Waals surface area contributed by atoms with E-state index in [0.29, 0.717) is 5.56 Å². The fourth-order valence-electron chi connectivity index (χ4n) is 2.99. The average molecular weight is 353 g/mol. The van der Waals surface area contributed by atoms with Gasteiger partial charge in [-0.2, -0.15) is 0 Å². The number of para-hydroxylation sites is 1. The van der Waals surface area contributed by atoms with E-state index in [1.165, 1.54) is 12.8 Å². The van der Waals surface area contributed by atoms with E-state index in [9.17, 15) is 4.79 Å². The summed E-state index contributed by atoms with van der Waals surface area (Å²) in [6, 6.07) is 14.0. The first-order valence-electron chi connectivity index (χ1n) is 8.93. The number of amides is 1. The molecule has 3 aromatic rings. The molecule has 0 aliphatic heterocycles.